The van der Waals surface area contributed by atoms with Crippen molar-refractivity contribution in [2.24, 2.45) is 5.92 Å². The largest absolute Gasteiger partial charge is 0.351 e. The summed E-state index contributed by atoms with van der Waals surface area (Å²) in [5.74, 6) is 0.246. The van der Waals surface area contributed by atoms with E-state index in [-0.39, 0.29) is 16.8 Å². The summed E-state index contributed by atoms with van der Waals surface area (Å²) in [5.41, 5.74) is 0.642. The molecule has 1 aliphatic heterocycles. The molecule has 3 heterocycles. The highest BCUT2D eigenvalue weighted by Gasteiger charge is 2.22. The molecule has 0 bridgehead atoms. The monoisotopic (exact) mass is 336 g/mol. The van der Waals surface area contributed by atoms with E-state index in [1.807, 2.05) is 0 Å². The minimum atomic E-state index is -3.51. The molecule has 0 radical (unpaired) electrons. The predicted molar refractivity (Wildman–Crippen MR) is 86.2 cm³/mol. The second-order valence-electron chi connectivity index (χ2n) is 5.87. The van der Waals surface area contributed by atoms with Gasteiger partial charge in [-0.2, -0.15) is 0 Å². The Labute approximate surface area is 135 Å². The van der Waals surface area contributed by atoms with Gasteiger partial charge in [0.15, 0.2) is 5.69 Å². The summed E-state index contributed by atoms with van der Waals surface area (Å²) in [5, 5.41) is 6.02. The number of pyridine rings is 1. The van der Waals surface area contributed by atoms with Gasteiger partial charge in [-0.3, -0.25) is 9.20 Å². The number of amides is 1. The van der Waals surface area contributed by atoms with E-state index in [1.165, 1.54) is 4.40 Å². The van der Waals surface area contributed by atoms with Crippen molar-refractivity contribution in [1.29, 1.82) is 0 Å². The highest BCUT2D eigenvalue weighted by atomic mass is 32.2. The number of imidazole rings is 1. The average Bonchev–Trinajstić information content (AvgIpc) is 3.13. The van der Waals surface area contributed by atoms with Gasteiger partial charge in [-0.25, -0.2) is 13.4 Å². The Bertz CT molecular complexity index is 822. The molecule has 0 saturated carbocycles. The van der Waals surface area contributed by atoms with Crippen LogP contribution in [0.1, 0.15) is 23.3 Å². The Morgan fingerprint density at radius 3 is 3.00 bits per heavy atom. The summed E-state index contributed by atoms with van der Waals surface area (Å²) >= 11 is 0. The number of sulfone groups is 1. The normalized spacial score (nSPS) is 18.4. The van der Waals surface area contributed by atoms with Gasteiger partial charge in [-0.05, 0) is 44.0 Å². The molecule has 2 N–H and O–H groups in total. The van der Waals surface area contributed by atoms with Crippen LogP contribution in [0.25, 0.3) is 5.52 Å². The lowest BCUT2D eigenvalue weighted by Crippen LogP contribution is -2.27. The molecular weight excluding hydrogens is 316 g/mol. The molecule has 1 fully saturated rings. The fourth-order valence-corrected chi connectivity index (χ4v) is 3.65. The molecular formula is C15H20N4O3S. The average molecular weight is 336 g/mol. The van der Waals surface area contributed by atoms with Gasteiger partial charge >= 0.3 is 0 Å². The number of fused-ring (bicyclic) bond motifs is 1. The van der Waals surface area contributed by atoms with Crippen molar-refractivity contribution in [2.75, 3.05) is 25.9 Å². The van der Waals surface area contributed by atoms with Crippen LogP contribution in [0, 0.1) is 5.92 Å². The predicted octanol–water partition coefficient (Wildman–Crippen LogP) is 0.467. The van der Waals surface area contributed by atoms with Crippen molar-refractivity contribution in [3.05, 3.63) is 30.1 Å². The zero-order valence-corrected chi connectivity index (χ0v) is 13.8. The first-order chi connectivity index (χ1) is 11.0. The minimum absolute atomic E-state index is 0.113. The van der Waals surface area contributed by atoms with E-state index in [2.05, 4.69) is 15.6 Å². The standard InChI is InChI=1S/C15H20N4O3S/c1-23(21,22)15-18-13(12-4-2-3-9-19(12)15)14(20)17-8-6-11-5-7-16-10-11/h2-4,9,11,16H,5-8,10H2,1H3,(H,17,20). The van der Waals surface area contributed by atoms with Crippen molar-refractivity contribution < 1.29 is 13.2 Å². The van der Waals surface area contributed by atoms with Crippen molar-refractivity contribution in [3.8, 4) is 0 Å². The third kappa shape index (κ3) is 3.37. The summed E-state index contributed by atoms with van der Waals surface area (Å²) in [6, 6.07) is 5.15. The molecule has 0 aromatic carbocycles. The van der Waals surface area contributed by atoms with E-state index in [4.69, 9.17) is 0 Å². The maximum Gasteiger partial charge on any atom is 0.272 e. The van der Waals surface area contributed by atoms with Gasteiger partial charge in [0.25, 0.3) is 5.91 Å². The van der Waals surface area contributed by atoms with Crippen LogP contribution in [-0.4, -0.2) is 49.6 Å². The lowest BCUT2D eigenvalue weighted by molar-refractivity contribution is 0.0948. The molecule has 0 spiro atoms. The lowest BCUT2D eigenvalue weighted by Gasteiger charge is -2.08. The number of carbonyl (C=O) groups is 1. The number of rotatable bonds is 5. The van der Waals surface area contributed by atoms with Crippen molar-refractivity contribution >= 4 is 21.3 Å². The Balaban J connectivity index is 1.80. The van der Waals surface area contributed by atoms with E-state index in [0.717, 1.165) is 32.2 Å². The molecule has 0 aliphatic carbocycles. The van der Waals surface area contributed by atoms with E-state index in [0.29, 0.717) is 18.0 Å². The van der Waals surface area contributed by atoms with E-state index in [9.17, 15) is 13.2 Å². The van der Waals surface area contributed by atoms with Gasteiger partial charge in [-0.1, -0.05) is 6.07 Å². The fraction of sp³-hybridized carbons (Fsp3) is 0.467. The van der Waals surface area contributed by atoms with Crippen LogP contribution in [-0.2, 0) is 9.84 Å². The fourth-order valence-electron chi connectivity index (χ4n) is 2.87. The van der Waals surface area contributed by atoms with E-state index in [1.54, 1.807) is 24.4 Å². The van der Waals surface area contributed by atoms with Crippen LogP contribution in [0.2, 0.25) is 0 Å². The molecule has 7 nitrogen and oxygen atoms in total. The first-order valence-electron chi connectivity index (χ1n) is 7.63. The lowest BCUT2D eigenvalue weighted by atomic mass is 10.1. The zero-order valence-electron chi connectivity index (χ0n) is 12.9. The third-order valence-electron chi connectivity index (χ3n) is 4.06. The molecule has 2 aromatic rings. The number of nitrogens with zero attached hydrogens (tertiary/aromatic N) is 2. The first kappa shape index (κ1) is 15.9. The van der Waals surface area contributed by atoms with Crippen molar-refractivity contribution in [2.45, 2.75) is 18.0 Å². The molecule has 2 aromatic heterocycles. The maximum absolute atomic E-state index is 12.4. The Morgan fingerprint density at radius 2 is 2.30 bits per heavy atom. The van der Waals surface area contributed by atoms with Crippen molar-refractivity contribution in [3.63, 3.8) is 0 Å². The summed E-state index contributed by atoms with van der Waals surface area (Å²) in [4.78, 5) is 16.4. The number of hydrogen-bond donors (Lipinski definition) is 2. The van der Waals surface area contributed by atoms with Crippen LogP contribution in [0.4, 0.5) is 0 Å². The molecule has 8 heteroatoms. The Kier molecular flexibility index (Phi) is 4.36. The van der Waals surface area contributed by atoms with Crippen LogP contribution in [0.15, 0.2) is 29.6 Å². The molecule has 124 valence electrons. The summed E-state index contributed by atoms with van der Waals surface area (Å²) < 4.78 is 25.1. The maximum atomic E-state index is 12.4. The molecule has 1 saturated heterocycles. The minimum Gasteiger partial charge on any atom is -0.351 e. The number of aromatic nitrogens is 2. The number of nitrogens with one attached hydrogen (secondary N) is 2. The summed E-state index contributed by atoms with van der Waals surface area (Å²) in [6.07, 6.45) is 4.72. The van der Waals surface area contributed by atoms with Gasteiger partial charge in [-0.15, -0.1) is 0 Å². The molecule has 1 aliphatic rings. The van der Waals surface area contributed by atoms with Gasteiger partial charge in [0.2, 0.25) is 15.0 Å². The van der Waals surface area contributed by atoms with Crippen molar-refractivity contribution in [1.82, 2.24) is 20.0 Å². The summed E-state index contributed by atoms with van der Waals surface area (Å²) in [6.45, 7) is 2.58. The Hall–Kier alpha value is -1.93. The summed E-state index contributed by atoms with van der Waals surface area (Å²) in [7, 11) is -3.51. The van der Waals surface area contributed by atoms with Crippen LogP contribution < -0.4 is 10.6 Å². The van der Waals surface area contributed by atoms with E-state index >= 15 is 0 Å². The smallest absolute Gasteiger partial charge is 0.272 e. The third-order valence-corrected chi connectivity index (χ3v) is 5.01. The highest BCUT2D eigenvalue weighted by molar-refractivity contribution is 7.90. The first-order valence-corrected chi connectivity index (χ1v) is 9.52. The van der Waals surface area contributed by atoms with Crippen LogP contribution in [0.5, 0.6) is 0 Å². The van der Waals surface area contributed by atoms with Gasteiger partial charge in [0, 0.05) is 19.0 Å². The van der Waals surface area contributed by atoms with Gasteiger partial charge in [0.05, 0.1) is 5.52 Å². The molecule has 1 unspecified atom stereocenters. The van der Waals surface area contributed by atoms with E-state index < -0.39 is 9.84 Å². The molecule has 1 atom stereocenters. The molecule has 1 amide bonds. The SMILES string of the molecule is CS(=O)(=O)c1nc(C(=O)NCCC2CCNC2)c2ccccn12. The zero-order chi connectivity index (χ0) is 16.4. The Morgan fingerprint density at radius 1 is 1.48 bits per heavy atom. The van der Waals surface area contributed by atoms with Crippen LogP contribution >= 0.6 is 0 Å². The molecule has 23 heavy (non-hydrogen) atoms. The molecule has 3 rings (SSSR count). The quantitative estimate of drug-likeness (QED) is 0.828. The van der Waals surface area contributed by atoms with Gasteiger partial charge < -0.3 is 10.6 Å². The second-order valence-corrected chi connectivity index (χ2v) is 7.78. The topological polar surface area (TPSA) is 92.6 Å². The van der Waals surface area contributed by atoms with Gasteiger partial charge in [0.1, 0.15) is 0 Å². The highest BCUT2D eigenvalue weighted by Crippen LogP contribution is 2.17. The van der Waals surface area contributed by atoms with Crippen LogP contribution in [0.3, 0.4) is 0 Å². The number of carbonyl (C=O) groups excluding carboxylic acids is 1. The number of hydrogen-bond acceptors (Lipinski definition) is 5. The second kappa shape index (κ2) is 6.29.